The summed E-state index contributed by atoms with van der Waals surface area (Å²) in [5.74, 6) is -1.92. The van der Waals surface area contributed by atoms with E-state index in [4.69, 9.17) is 23.2 Å². The monoisotopic (exact) mass is 508 g/mol. The number of sulfonamides is 1. The van der Waals surface area contributed by atoms with Gasteiger partial charge in [-0.2, -0.15) is 0 Å². The van der Waals surface area contributed by atoms with Crippen LogP contribution in [0.4, 0.5) is 0 Å². The third-order valence-electron chi connectivity index (χ3n) is 5.79. The van der Waals surface area contributed by atoms with Crippen molar-refractivity contribution < 1.29 is 22.7 Å². The number of ether oxygens (including phenoxy) is 1. The third-order valence-corrected chi connectivity index (χ3v) is 8.03. The number of carbonyl (C=O) groups excluding carboxylic acids is 2. The number of aromatic nitrogens is 1. The Morgan fingerprint density at radius 3 is 2.48 bits per heavy atom. The number of fused-ring (bicyclic) bond motifs is 1. The van der Waals surface area contributed by atoms with E-state index in [0.717, 1.165) is 39.2 Å². The van der Waals surface area contributed by atoms with Crippen molar-refractivity contribution in [2.45, 2.75) is 43.0 Å². The molecule has 0 amide bonds. The predicted molar refractivity (Wildman–Crippen MR) is 127 cm³/mol. The van der Waals surface area contributed by atoms with Crippen molar-refractivity contribution >= 4 is 55.9 Å². The van der Waals surface area contributed by atoms with Gasteiger partial charge in [0.15, 0.2) is 0 Å². The zero-order chi connectivity index (χ0) is 23.8. The van der Waals surface area contributed by atoms with E-state index < -0.39 is 21.8 Å². The van der Waals surface area contributed by atoms with Crippen molar-refractivity contribution in [3.63, 3.8) is 0 Å². The quantitative estimate of drug-likeness (QED) is 0.273. The summed E-state index contributed by atoms with van der Waals surface area (Å²) >= 11 is 12.4. The van der Waals surface area contributed by atoms with E-state index in [1.165, 1.54) is 12.1 Å². The van der Waals surface area contributed by atoms with Gasteiger partial charge in [-0.25, -0.2) is 17.9 Å². The zero-order valence-electron chi connectivity index (χ0n) is 17.8. The Morgan fingerprint density at radius 1 is 1.06 bits per heavy atom. The number of nitrogens with one attached hydrogen (secondary N) is 2. The molecular weight excluding hydrogens is 487 g/mol. The van der Waals surface area contributed by atoms with Gasteiger partial charge in [0.1, 0.15) is 4.90 Å². The summed E-state index contributed by atoms with van der Waals surface area (Å²) in [5.41, 5.74) is 1.25. The molecule has 0 spiro atoms. The second kappa shape index (κ2) is 9.46. The fourth-order valence-electron chi connectivity index (χ4n) is 4.18. The first-order valence-corrected chi connectivity index (χ1v) is 12.7. The number of hydrogen-bond acceptors (Lipinski definition) is 5. The molecule has 174 valence electrons. The van der Waals surface area contributed by atoms with E-state index in [1.807, 2.05) is 0 Å². The summed E-state index contributed by atoms with van der Waals surface area (Å²) in [6.07, 6.45) is 4.58. The number of H-pyrrole nitrogens is 1. The van der Waals surface area contributed by atoms with E-state index in [9.17, 15) is 18.0 Å². The first-order valence-electron chi connectivity index (χ1n) is 10.5. The summed E-state index contributed by atoms with van der Waals surface area (Å²) in [5, 5.41) is 0.859. The van der Waals surface area contributed by atoms with Crippen LogP contribution in [0.15, 0.2) is 41.3 Å². The summed E-state index contributed by atoms with van der Waals surface area (Å²) in [4.78, 5) is 28.0. The van der Waals surface area contributed by atoms with Crippen molar-refractivity contribution in [2.24, 2.45) is 0 Å². The average molecular weight is 509 g/mol. The number of aromatic amines is 1. The molecule has 2 N–H and O–H groups in total. The Morgan fingerprint density at radius 2 is 1.79 bits per heavy atom. The Balaban J connectivity index is 1.84. The van der Waals surface area contributed by atoms with Crippen LogP contribution in [0, 0.1) is 0 Å². The van der Waals surface area contributed by atoms with Gasteiger partial charge in [-0.15, -0.1) is 0 Å². The van der Waals surface area contributed by atoms with E-state index in [2.05, 4.69) is 14.4 Å². The minimum atomic E-state index is -3.91. The smallest absolute Gasteiger partial charge is 0.379 e. The third kappa shape index (κ3) is 4.80. The van der Waals surface area contributed by atoms with Crippen molar-refractivity contribution in [2.75, 3.05) is 7.11 Å². The highest BCUT2D eigenvalue weighted by molar-refractivity contribution is 7.89. The number of benzene rings is 2. The van der Waals surface area contributed by atoms with Crippen molar-refractivity contribution in [1.82, 2.24) is 9.71 Å². The number of methoxy groups -OCH3 is 1. The van der Waals surface area contributed by atoms with Crippen LogP contribution in [-0.2, 0) is 19.6 Å². The maximum atomic E-state index is 13.1. The van der Waals surface area contributed by atoms with Crippen LogP contribution in [0.2, 0.25) is 10.0 Å². The van der Waals surface area contributed by atoms with Gasteiger partial charge >= 0.3 is 5.97 Å². The van der Waals surface area contributed by atoms with Crippen molar-refractivity contribution in [3.8, 4) is 11.3 Å². The topological polar surface area (TPSA) is 105 Å². The van der Waals surface area contributed by atoms with Crippen molar-refractivity contribution in [3.05, 3.63) is 52.0 Å². The van der Waals surface area contributed by atoms with Gasteiger partial charge in [0, 0.05) is 27.5 Å². The van der Waals surface area contributed by atoms with Crippen LogP contribution in [0.5, 0.6) is 0 Å². The Kier molecular flexibility index (Phi) is 6.81. The number of rotatable bonds is 6. The molecule has 0 saturated heterocycles. The Bertz CT molecular complexity index is 1340. The summed E-state index contributed by atoms with van der Waals surface area (Å²) in [7, 11) is -2.79. The summed E-state index contributed by atoms with van der Waals surface area (Å²) < 4.78 is 33.6. The van der Waals surface area contributed by atoms with Crippen LogP contribution in [0.25, 0.3) is 22.2 Å². The molecule has 2 aromatic carbocycles. The van der Waals surface area contributed by atoms with Gasteiger partial charge in [0.05, 0.1) is 23.4 Å². The molecule has 0 radical (unpaired) electrons. The molecular formula is C23H22Cl2N2O5S. The minimum absolute atomic E-state index is 0.0465. The highest BCUT2D eigenvalue weighted by Gasteiger charge is 2.28. The molecule has 1 fully saturated rings. The molecule has 3 aromatic rings. The standard InChI is InChI=1S/C23H22Cl2N2O5S/c1-32-23(29)22(28)20-16-12-14(24)8-10-18(16)26-21(20)13-7-9-17(25)19(11-13)33(30,31)27-15-5-3-2-4-6-15/h7-12,15,26-27H,2-6H2,1H3. The number of Topliss-reactive ketones (excluding diaryl/α,β-unsaturated/α-hetero) is 1. The lowest BCUT2D eigenvalue weighted by atomic mass is 9.96. The molecule has 1 aromatic heterocycles. The van der Waals surface area contributed by atoms with Gasteiger partial charge < -0.3 is 9.72 Å². The summed E-state index contributed by atoms with van der Waals surface area (Å²) in [6, 6.07) is 9.17. The van der Waals surface area contributed by atoms with Crippen LogP contribution in [0.1, 0.15) is 42.5 Å². The molecule has 1 heterocycles. The lowest BCUT2D eigenvalue weighted by Gasteiger charge is -2.23. The lowest BCUT2D eigenvalue weighted by molar-refractivity contribution is -0.135. The minimum Gasteiger partial charge on any atom is -0.463 e. The largest absolute Gasteiger partial charge is 0.463 e. The number of halogens is 2. The molecule has 1 aliphatic carbocycles. The normalized spacial score (nSPS) is 15.0. The van der Waals surface area contributed by atoms with Gasteiger partial charge in [0.2, 0.25) is 10.0 Å². The number of esters is 1. The molecule has 0 bridgehead atoms. The Labute approximate surface area is 201 Å². The van der Waals surface area contributed by atoms with E-state index in [1.54, 1.807) is 24.3 Å². The highest BCUT2D eigenvalue weighted by Crippen LogP contribution is 2.35. The number of ketones is 1. The lowest BCUT2D eigenvalue weighted by Crippen LogP contribution is -2.36. The number of carbonyl (C=O) groups is 2. The van der Waals surface area contributed by atoms with E-state index >= 15 is 0 Å². The molecule has 1 aliphatic rings. The molecule has 10 heteroatoms. The molecule has 33 heavy (non-hydrogen) atoms. The van der Waals surface area contributed by atoms with Crippen LogP contribution in [-0.4, -0.2) is 38.3 Å². The molecule has 0 atom stereocenters. The molecule has 7 nitrogen and oxygen atoms in total. The van der Waals surface area contributed by atoms with Gasteiger partial charge in [-0.1, -0.05) is 48.5 Å². The van der Waals surface area contributed by atoms with Crippen LogP contribution < -0.4 is 4.72 Å². The molecule has 0 aliphatic heterocycles. The fraction of sp³-hybridized carbons (Fsp3) is 0.304. The van der Waals surface area contributed by atoms with Crippen molar-refractivity contribution in [1.29, 1.82) is 0 Å². The van der Waals surface area contributed by atoms with Gasteiger partial charge in [-0.3, -0.25) is 4.79 Å². The van der Waals surface area contributed by atoms with Crippen LogP contribution >= 0.6 is 23.2 Å². The fourth-order valence-corrected chi connectivity index (χ4v) is 6.18. The van der Waals surface area contributed by atoms with E-state index in [0.29, 0.717) is 21.5 Å². The first kappa shape index (κ1) is 23.8. The predicted octanol–water partition coefficient (Wildman–Crippen LogP) is 5.11. The average Bonchev–Trinajstić information content (AvgIpc) is 3.17. The molecule has 4 rings (SSSR count). The zero-order valence-corrected chi connectivity index (χ0v) is 20.1. The van der Waals surface area contributed by atoms with Crippen LogP contribution in [0.3, 0.4) is 0 Å². The molecule has 1 saturated carbocycles. The van der Waals surface area contributed by atoms with Gasteiger partial charge in [0.25, 0.3) is 5.78 Å². The summed E-state index contributed by atoms with van der Waals surface area (Å²) in [6.45, 7) is 0. The second-order valence-corrected chi connectivity index (χ2v) is 10.5. The second-order valence-electron chi connectivity index (χ2n) is 7.99. The van der Waals surface area contributed by atoms with E-state index in [-0.39, 0.29) is 27.2 Å². The SMILES string of the molecule is COC(=O)C(=O)c1c(-c2ccc(Cl)c(S(=O)(=O)NC3CCCCC3)c2)[nH]c2ccc(Cl)cc12. The first-order chi connectivity index (χ1) is 15.7. The number of hydrogen-bond donors (Lipinski definition) is 2. The molecule has 0 unspecified atom stereocenters. The maximum absolute atomic E-state index is 13.1. The maximum Gasteiger partial charge on any atom is 0.379 e. The highest BCUT2D eigenvalue weighted by atomic mass is 35.5. The van der Waals surface area contributed by atoms with Gasteiger partial charge in [-0.05, 0) is 43.2 Å². The Hall–Kier alpha value is -2.39.